The summed E-state index contributed by atoms with van der Waals surface area (Å²) in [4.78, 5) is 28.4. The first-order valence-corrected chi connectivity index (χ1v) is 11.0. The van der Waals surface area contributed by atoms with Crippen molar-refractivity contribution in [3.8, 4) is 0 Å². The van der Waals surface area contributed by atoms with Crippen LogP contribution < -0.4 is 11.1 Å². The molecule has 0 aromatic carbocycles. The molecule has 2 amide bonds. The van der Waals surface area contributed by atoms with Gasteiger partial charge in [0, 0.05) is 0 Å². The van der Waals surface area contributed by atoms with Crippen LogP contribution in [0.4, 0.5) is 0 Å². The van der Waals surface area contributed by atoms with Crippen LogP contribution in [0.2, 0.25) is 0 Å². The summed E-state index contributed by atoms with van der Waals surface area (Å²) >= 11 is 0. The van der Waals surface area contributed by atoms with Gasteiger partial charge in [-0.3, -0.25) is 9.59 Å². The van der Waals surface area contributed by atoms with Crippen molar-refractivity contribution in [1.29, 1.82) is 0 Å². The molecule has 27 heavy (non-hydrogen) atoms. The predicted molar refractivity (Wildman–Crippen MR) is 103 cm³/mol. The quantitative estimate of drug-likeness (QED) is 0.663. The Kier molecular flexibility index (Phi) is 6.62. The number of hydrogen-bond donors (Lipinski definition) is 2. The summed E-state index contributed by atoms with van der Waals surface area (Å²) in [6.07, 6.45) is 2.25. The third kappa shape index (κ3) is 5.76. The van der Waals surface area contributed by atoms with Crippen LogP contribution in [0, 0.1) is 11.8 Å². The molecule has 1 heterocycles. The second kappa shape index (κ2) is 8.37. The highest BCUT2D eigenvalue weighted by Gasteiger charge is 2.33. The fourth-order valence-corrected chi connectivity index (χ4v) is 4.87. The zero-order valence-electron chi connectivity index (χ0n) is 16.4. The van der Waals surface area contributed by atoms with Crippen LogP contribution in [-0.4, -0.2) is 37.0 Å². The van der Waals surface area contributed by atoms with Crippen molar-refractivity contribution in [2.75, 3.05) is 5.75 Å². The van der Waals surface area contributed by atoms with E-state index in [2.05, 4.69) is 10.3 Å². The van der Waals surface area contributed by atoms with Gasteiger partial charge in [-0.25, -0.2) is 13.4 Å². The lowest BCUT2D eigenvalue weighted by molar-refractivity contribution is -0.120. The van der Waals surface area contributed by atoms with Gasteiger partial charge in [0.2, 0.25) is 5.91 Å². The predicted octanol–water partition coefficient (Wildman–Crippen LogP) is 2.02. The Morgan fingerprint density at radius 2 is 1.81 bits per heavy atom. The SMILES string of the molecule is CC(C)CC(NC(=O)c1ccc(C2CC2)c(S(=O)(=O)CC(C)C)n1)C(N)=O. The van der Waals surface area contributed by atoms with E-state index in [0.29, 0.717) is 12.0 Å². The van der Waals surface area contributed by atoms with Gasteiger partial charge in [0.1, 0.15) is 11.7 Å². The summed E-state index contributed by atoms with van der Waals surface area (Å²) in [5, 5.41) is 2.57. The van der Waals surface area contributed by atoms with Gasteiger partial charge in [-0.2, -0.15) is 0 Å². The molecule has 2 rings (SSSR count). The number of nitrogens with one attached hydrogen (secondary N) is 1. The number of nitrogens with two attached hydrogens (primary N) is 1. The van der Waals surface area contributed by atoms with Crippen molar-refractivity contribution >= 4 is 21.7 Å². The van der Waals surface area contributed by atoms with E-state index in [1.807, 2.05) is 27.7 Å². The zero-order valence-corrected chi connectivity index (χ0v) is 17.2. The summed E-state index contributed by atoms with van der Waals surface area (Å²) < 4.78 is 25.6. The minimum absolute atomic E-state index is 0.00849. The van der Waals surface area contributed by atoms with E-state index >= 15 is 0 Å². The third-order valence-corrected chi connectivity index (χ3v) is 6.36. The smallest absolute Gasteiger partial charge is 0.270 e. The maximum absolute atomic E-state index is 12.8. The number of rotatable bonds is 9. The average Bonchev–Trinajstić information content (AvgIpc) is 3.36. The molecule has 1 saturated carbocycles. The van der Waals surface area contributed by atoms with E-state index in [1.54, 1.807) is 6.07 Å². The first kappa shape index (κ1) is 21.3. The Labute approximate surface area is 161 Å². The number of sulfone groups is 1. The van der Waals surface area contributed by atoms with Crippen molar-refractivity contribution in [3.05, 3.63) is 23.4 Å². The van der Waals surface area contributed by atoms with Crippen LogP contribution in [0.1, 0.15) is 68.9 Å². The fraction of sp³-hybridized carbons (Fsp3) is 0.632. The van der Waals surface area contributed by atoms with Gasteiger partial charge < -0.3 is 11.1 Å². The Hall–Kier alpha value is -1.96. The summed E-state index contributed by atoms with van der Waals surface area (Å²) in [5.41, 5.74) is 6.03. The Bertz CT molecular complexity index is 814. The summed E-state index contributed by atoms with van der Waals surface area (Å²) in [7, 11) is -3.60. The maximum Gasteiger partial charge on any atom is 0.270 e. The monoisotopic (exact) mass is 395 g/mol. The van der Waals surface area contributed by atoms with Crippen molar-refractivity contribution in [3.63, 3.8) is 0 Å². The van der Waals surface area contributed by atoms with E-state index in [-0.39, 0.29) is 34.2 Å². The second-order valence-corrected chi connectivity index (χ2v) is 10.0. The van der Waals surface area contributed by atoms with Crippen molar-refractivity contribution in [2.24, 2.45) is 17.6 Å². The minimum atomic E-state index is -3.60. The third-order valence-electron chi connectivity index (χ3n) is 4.34. The molecule has 7 nitrogen and oxygen atoms in total. The van der Waals surface area contributed by atoms with Crippen LogP contribution >= 0.6 is 0 Å². The van der Waals surface area contributed by atoms with Crippen LogP contribution in [0.3, 0.4) is 0 Å². The standard InChI is InChI=1S/C19H29N3O4S/c1-11(2)9-16(17(20)23)21-18(24)15-8-7-14(13-5-6-13)19(22-15)27(25,26)10-12(3)4/h7-8,11-13,16H,5-6,9-10H2,1-4H3,(H2,20,23)(H,21,24). The molecule has 1 fully saturated rings. The number of carbonyl (C=O) groups excluding carboxylic acids is 2. The molecule has 3 N–H and O–H groups in total. The van der Waals surface area contributed by atoms with Crippen molar-refractivity contribution < 1.29 is 18.0 Å². The van der Waals surface area contributed by atoms with Gasteiger partial charge in [0.05, 0.1) is 5.75 Å². The van der Waals surface area contributed by atoms with Crippen LogP contribution in [0.25, 0.3) is 0 Å². The van der Waals surface area contributed by atoms with Crippen LogP contribution in [0.5, 0.6) is 0 Å². The highest BCUT2D eigenvalue weighted by molar-refractivity contribution is 7.91. The van der Waals surface area contributed by atoms with Crippen molar-refractivity contribution in [2.45, 2.75) is 63.9 Å². The lowest BCUT2D eigenvalue weighted by Gasteiger charge is -2.18. The first-order chi connectivity index (χ1) is 12.5. The molecular formula is C19H29N3O4S. The van der Waals surface area contributed by atoms with Gasteiger partial charge in [-0.1, -0.05) is 33.8 Å². The number of hydrogen-bond acceptors (Lipinski definition) is 5. The summed E-state index contributed by atoms with van der Waals surface area (Å²) in [6, 6.07) is 2.37. The molecular weight excluding hydrogens is 366 g/mol. The Balaban J connectivity index is 2.33. The van der Waals surface area contributed by atoms with Gasteiger partial charge in [0.25, 0.3) is 5.91 Å². The number of aromatic nitrogens is 1. The molecule has 1 aliphatic rings. The van der Waals surface area contributed by atoms with Crippen LogP contribution in [0.15, 0.2) is 17.2 Å². The Morgan fingerprint density at radius 3 is 2.30 bits per heavy atom. The van der Waals surface area contributed by atoms with Gasteiger partial charge in [-0.15, -0.1) is 0 Å². The Morgan fingerprint density at radius 1 is 1.19 bits per heavy atom. The van der Waals surface area contributed by atoms with E-state index < -0.39 is 27.7 Å². The molecule has 0 spiro atoms. The topological polar surface area (TPSA) is 119 Å². The molecule has 150 valence electrons. The van der Waals surface area contributed by atoms with E-state index in [0.717, 1.165) is 12.8 Å². The minimum Gasteiger partial charge on any atom is -0.368 e. The maximum atomic E-state index is 12.8. The lowest BCUT2D eigenvalue weighted by Crippen LogP contribution is -2.45. The zero-order chi connectivity index (χ0) is 20.4. The van der Waals surface area contributed by atoms with Gasteiger partial charge >= 0.3 is 0 Å². The molecule has 0 bridgehead atoms. The highest BCUT2D eigenvalue weighted by Crippen LogP contribution is 2.42. The molecule has 1 aliphatic carbocycles. The fourth-order valence-electron chi connectivity index (χ4n) is 3.00. The number of carbonyl (C=O) groups is 2. The number of pyridine rings is 1. The lowest BCUT2D eigenvalue weighted by atomic mass is 10.0. The summed E-state index contributed by atoms with van der Waals surface area (Å²) in [6.45, 7) is 7.49. The number of primary amides is 1. The highest BCUT2D eigenvalue weighted by atomic mass is 32.2. The first-order valence-electron chi connectivity index (χ1n) is 9.35. The van der Waals surface area contributed by atoms with E-state index in [1.165, 1.54) is 6.07 Å². The van der Waals surface area contributed by atoms with Gasteiger partial charge in [0.15, 0.2) is 14.9 Å². The van der Waals surface area contributed by atoms with Crippen molar-refractivity contribution in [1.82, 2.24) is 10.3 Å². The van der Waals surface area contributed by atoms with E-state index in [9.17, 15) is 18.0 Å². The molecule has 1 aromatic heterocycles. The largest absolute Gasteiger partial charge is 0.368 e. The molecule has 0 saturated heterocycles. The summed E-state index contributed by atoms with van der Waals surface area (Å²) in [5.74, 6) is -0.947. The second-order valence-electron chi connectivity index (χ2n) is 8.10. The average molecular weight is 396 g/mol. The molecule has 0 aliphatic heterocycles. The molecule has 1 aromatic rings. The van der Waals surface area contributed by atoms with Crippen LogP contribution in [-0.2, 0) is 14.6 Å². The molecule has 8 heteroatoms. The molecule has 0 radical (unpaired) electrons. The molecule has 1 unspecified atom stereocenters. The number of nitrogens with zero attached hydrogens (tertiary/aromatic N) is 1. The molecule has 1 atom stereocenters. The van der Waals surface area contributed by atoms with E-state index in [4.69, 9.17) is 5.73 Å². The normalized spacial score (nSPS) is 15.8. The number of amides is 2. The van der Waals surface area contributed by atoms with Gasteiger partial charge in [-0.05, 0) is 48.6 Å².